The third-order valence-electron chi connectivity index (χ3n) is 5.32. The van der Waals surface area contributed by atoms with Gasteiger partial charge in [0, 0.05) is 23.6 Å². The summed E-state index contributed by atoms with van der Waals surface area (Å²) in [4.78, 5) is 42.9. The van der Waals surface area contributed by atoms with Crippen LogP contribution in [0.5, 0.6) is 0 Å². The molecule has 3 heterocycles. The zero-order chi connectivity index (χ0) is 21.5. The number of hydrogen-bond donors (Lipinski definition) is 1. The fraction of sp³-hybridized carbons (Fsp3) is 0.0833. The maximum Gasteiger partial charge on any atom is 0.262 e. The Hall–Kier alpha value is -4.26. The molecular formula is C24H18N4O3. The van der Waals surface area contributed by atoms with Gasteiger partial charge in [0.25, 0.3) is 11.8 Å². The molecule has 5 rings (SSSR count). The summed E-state index contributed by atoms with van der Waals surface area (Å²) in [7, 11) is 0. The molecule has 0 radical (unpaired) electrons. The Morgan fingerprint density at radius 1 is 0.935 bits per heavy atom. The van der Waals surface area contributed by atoms with Crippen LogP contribution in [0.4, 0.5) is 5.69 Å². The molecule has 0 fully saturated rings. The van der Waals surface area contributed by atoms with Crippen molar-refractivity contribution in [3.05, 3.63) is 89.7 Å². The van der Waals surface area contributed by atoms with E-state index in [9.17, 15) is 14.4 Å². The Morgan fingerprint density at radius 3 is 2.26 bits per heavy atom. The van der Waals surface area contributed by atoms with E-state index in [0.717, 1.165) is 27.4 Å². The Labute approximate surface area is 177 Å². The number of imidazole rings is 1. The van der Waals surface area contributed by atoms with Gasteiger partial charge in [0.15, 0.2) is 0 Å². The average molecular weight is 410 g/mol. The van der Waals surface area contributed by atoms with Crippen LogP contribution in [0.3, 0.4) is 0 Å². The van der Waals surface area contributed by atoms with E-state index in [2.05, 4.69) is 10.3 Å². The van der Waals surface area contributed by atoms with Crippen LogP contribution >= 0.6 is 0 Å². The van der Waals surface area contributed by atoms with Gasteiger partial charge in [-0.3, -0.25) is 19.3 Å². The highest BCUT2D eigenvalue weighted by Crippen LogP contribution is 2.24. The number of imide groups is 1. The van der Waals surface area contributed by atoms with Gasteiger partial charge < -0.3 is 9.72 Å². The minimum absolute atomic E-state index is 0.326. The summed E-state index contributed by atoms with van der Waals surface area (Å²) in [6.45, 7) is 1.68. The summed E-state index contributed by atoms with van der Waals surface area (Å²) in [6, 6.07) is 17.8. The van der Waals surface area contributed by atoms with Gasteiger partial charge in [-0.05, 0) is 42.8 Å². The van der Waals surface area contributed by atoms with E-state index in [1.54, 1.807) is 36.4 Å². The van der Waals surface area contributed by atoms with Crippen molar-refractivity contribution in [3.8, 4) is 11.3 Å². The van der Waals surface area contributed by atoms with Crippen LogP contribution in [-0.2, 0) is 4.79 Å². The normalized spacial score (nSPS) is 13.0. The molecule has 1 aliphatic heterocycles. The number of amides is 3. The predicted molar refractivity (Wildman–Crippen MR) is 116 cm³/mol. The number of carbonyl (C=O) groups excluding carboxylic acids is 3. The number of anilines is 1. The van der Waals surface area contributed by atoms with Crippen LogP contribution in [0.1, 0.15) is 26.3 Å². The van der Waals surface area contributed by atoms with E-state index in [-0.39, 0.29) is 6.54 Å². The lowest BCUT2D eigenvalue weighted by molar-refractivity contribution is -0.116. The van der Waals surface area contributed by atoms with Gasteiger partial charge in [-0.15, -0.1) is 0 Å². The first kappa shape index (κ1) is 18.7. The van der Waals surface area contributed by atoms with Crippen LogP contribution in [0.15, 0.2) is 73.1 Å². The second-order valence-corrected chi connectivity index (χ2v) is 7.42. The number of nitrogens with zero attached hydrogens (tertiary/aromatic N) is 3. The zero-order valence-corrected chi connectivity index (χ0v) is 16.7. The molecule has 31 heavy (non-hydrogen) atoms. The highest BCUT2D eigenvalue weighted by Gasteiger charge is 2.36. The third kappa shape index (κ3) is 3.26. The van der Waals surface area contributed by atoms with Crippen molar-refractivity contribution in [2.45, 2.75) is 6.92 Å². The second-order valence-electron chi connectivity index (χ2n) is 7.42. The number of benzene rings is 2. The largest absolute Gasteiger partial charge is 0.325 e. The molecule has 0 spiro atoms. The number of fused-ring (bicyclic) bond motifs is 2. The second kappa shape index (κ2) is 7.21. The summed E-state index contributed by atoms with van der Waals surface area (Å²) < 4.78 is 1.97. The first-order chi connectivity index (χ1) is 15.0. The monoisotopic (exact) mass is 410 g/mol. The molecule has 7 nitrogen and oxygen atoms in total. The van der Waals surface area contributed by atoms with Gasteiger partial charge in [-0.2, -0.15) is 0 Å². The lowest BCUT2D eigenvalue weighted by Gasteiger charge is -2.13. The van der Waals surface area contributed by atoms with Gasteiger partial charge in [-0.25, -0.2) is 4.98 Å². The average Bonchev–Trinajstić information content (AvgIpc) is 3.31. The van der Waals surface area contributed by atoms with E-state index in [1.807, 2.05) is 48.0 Å². The van der Waals surface area contributed by atoms with Crippen molar-refractivity contribution in [1.29, 1.82) is 0 Å². The molecule has 0 saturated carbocycles. The fourth-order valence-corrected chi connectivity index (χ4v) is 3.74. The van der Waals surface area contributed by atoms with Crippen molar-refractivity contribution >= 4 is 29.1 Å². The van der Waals surface area contributed by atoms with Crippen molar-refractivity contribution in [2.75, 3.05) is 11.9 Å². The Kier molecular flexibility index (Phi) is 4.36. The maximum atomic E-state index is 12.4. The number of pyridine rings is 1. The minimum Gasteiger partial charge on any atom is -0.325 e. The zero-order valence-electron chi connectivity index (χ0n) is 16.7. The third-order valence-corrected chi connectivity index (χ3v) is 5.32. The van der Waals surface area contributed by atoms with Crippen molar-refractivity contribution in [3.63, 3.8) is 0 Å². The van der Waals surface area contributed by atoms with Gasteiger partial charge in [0.05, 0.1) is 16.8 Å². The van der Waals surface area contributed by atoms with E-state index in [1.165, 1.54) is 0 Å². The fourth-order valence-electron chi connectivity index (χ4n) is 3.74. The van der Waals surface area contributed by atoms with Crippen LogP contribution in [0.2, 0.25) is 0 Å². The summed E-state index contributed by atoms with van der Waals surface area (Å²) in [5.41, 5.74) is 4.96. The van der Waals surface area contributed by atoms with Crippen LogP contribution in [0, 0.1) is 6.92 Å². The number of aromatic nitrogens is 2. The molecule has 3 amide bonds. The molecule has 0 unspecified atom stereocenters. The number of aryl methyl sites for hydroxylation is 1. The first-order valence-corrected chi connectivity index (χ1v) is 9.81. The van der Waals surface area contributed by atoms with E-state index >= 15 is 0 Å². The Morgan fingerprint density at radius 2 is 1.61 bits per heavy atom. The number of nitrogens with one attached hydrogen (secondary N) is 1. The lowest BCUT2D eigenvalue weighted by atomic mass is 10.1. The van der Waals surface area contributed by atoms with Gasteiger partial charge in [0.1, 0.15) is 12.2 Å². The minimum atomic E-state index is -0.451. The van der Waals surface area contributed by atoms with Gasteiger partial charge >= 0.3 is 0 Å². The van der Waals surface area contributed by atoms with Crippen LogP contribution in [-0.4, -0.2) is 38.6 Å². The Balaban J connectivity index is 1.29. The quantitative estimate of drug-likeness (QED) is 0.522. The first-order valence-electron chi connectivity index (χ1n) is 9.81. The summed E-state index contributed by atoms with van der Waals surface area (Å²) in [6.07, 6.45) is 3.91. The van der Waals surface area contributed by atoms with Gasteiger partial charge in [0.2, 0.25) is 5.91 Å². The maximum absolute atomic E-state index is 12.4. The molecule has 1 N–H and O–H groups in total. The predicted octanol–water partition coefficient (Wildman–Crippen LogP) is 3.54. The van der Waals surface area contributed by atoms with E-state index < -0.39 is 17.7 Å². The molecule has 0 saturated heterocycles. The summed E-state index contributed by atoms with van der Waals surface area (Å²) >= 11 is 0. The topological polar surface area (TPSA) is 83.8 Å². The summed E-state index contributed by atoms with van der Waals surface area (Å²) in [5, 5.41) is 2.74. The molecule has 2 aromatic heterocycles. The lowest BCUT2D eigenvalue weighted by Crippen LogP contribution is -2.37. The molecule has 4 aromatic rings. The highest BCUT2D eigenvalue weighted by atomic mass is 16.2. The molecular weight excluding hydrogens is 392 g/mol. The molecule has 0 bridgehead atoms. The number of hydrogen-bond acceptors (Lipinski definition) is 4. The molecule has 7 heteroatoms. The molecule has 2 aromatic carbocycles. The molecule has 0 aliphatic carbocycles. The smallest absolute Gasteiger partial charge is 0.262 e. The van der Waals surface area contributed by atoms with Crippen LogP contribution in [0.25, 0.3) is 16.9 Å². The van der Waals surface area contributed by atoms with E-state index in [4.69, 9.17) is 0 Å². The number of carbonyl (C=O) groups is 3. The van der Waals surface area contributed by atoms with Crippen molar-refractivity contribution in [1.82, 2.24) is 14.3 Å². The Bertz CT molecular complexity index is 1320. The standard InChI is InChI=1S/C24H18N4O3/c1-15-5-4-12-27-13-20(26-22(15)27)16-8-10-17(11-9-16)25-21(29)14-28-23(30)18-6-2-3-7-19(18)24(28)31/h2-13H,14H2,1H3,(H,25,29). The van der Waals surface area contributed by atoms with Crippen molar-refractivity contribution in [2.24, 2.45) is 0 Å². The van der Waals surface area contributed by atoms with Crippen molar-refractivity contribution < 1.29 is 14.4 Å². The molecule has 0 atom stereocenters. The molecule has 1 aliphatic rings. The van der Waals surface area contributed by atoms with E-state index in [0.29, 0.717) is 16.8 Å². The summed E-state index contributed by atoms with van der Waals surface area (Å²) in [5.74, 6) is -1.34. The van der Waals surface area contributed by atoms with Crippen LogP contribution < -0.4 is 5.32 Å². The molecule has 152 valence electrons. The van der Waals surface area contributed by atoms with Gasteiger partial charge in [-0.1, -0.05) is 30.3 Å². The SMILES string of the molecule is Cc1cccn2cc(-c3ccc(NC(=O)CN4C(=O)c5ccccc5C4=O)cc3)nc12. The highest BCUT2D eigenvalue weighted by molar-refractivity contribution is 6.22. The number of rotatable bonds is 4.